The number of hydrogen-bond acceptors (Lipinski definition) is 4. The highest BCUT2D eigenvalue weighted by Gasteiger charge is 2.11. The Morgan fingerprint density at radius 1 is 1.18 bits per heavy atom. The zero-order valence-corrected chi connectivity index (χ0v) is 13.8. The maximum Gasteiger partial charge on any atom is 0.129 e. The van der Waals surface area contributed by atoms with Crippen molar-refractivity contribution in [2.24, 2.45) is 0 Å². The number of anilines is 1. The van der Waals surface area contributed by atoms with E-state index in [1.54, 1.807) is 6.07 Å². The quantitative estimate of drug-likeness (QED) is 0.890. The number of nitrogen functional groups attached to an aromatic ring is 1. The number of pyridine rings is 1. The van der Waals surface area contributed by atoms with Gasteiger partial charge in [-0.25, -0.2) is 4.98 Å². The monoisotopic (exact) mass is 299 g/mol. The van der Waals surface area contributed by atoms with Crippen molar-refractivity contribution < 1.29 is 4.74 Å². The first kappa shape index (κ1) is 16.3. The second kappa shape index (κ2) is 7.27. The Balaban J connectivity index is 2.36. The molecule has 1 aromatic heterocycles. The fourth-order valence-corrected chi connectivity index (χ4v) is 2.24. The predicted octanol–water partition coefficient (Wildman–Crippen LogP) is 3.22. The van der Waals surface area contributed by atoms with Crippen LogP contribution in [-0.4, -0.2) is 36.6 Å². The second-order valence-electron chi connectivity index (χ2n) is 6.00. The largest absolute Gasteiger partial charge is 0.490 e. The lowest BCUT2D eigenvalue weighted by Gasteiger charge is -2.16. The fraction of sp³-hybridized carbons (Fsp3) is 0.389. The topological polar surface area (TPSA) is 51.4 Å². The first-order valence-corrected chi connectivity index (χ1v) is 7.63. The summed E-state index contributed by atoms with van der Waals surface area (Å²) in [4.78, 5) is 6.58. The van der Waals surface area contributed by atoms with E-state index in [4.69, 9.17) is 10.5 Å². The van der Waals surface area contributed by atoms with Crippen molar-refractivity contribution in [2.45, 2.75) is 26.4 Å². The van der Waals surface area contributed by atoms with Crippen LogP contribution in [0.5, 0.6) is 5.75 Å². The van der Waals surface area contributed by atoms with Gasteiger partial charge in [-0.2, -0.15) is 0 Å². The summed E-state index contributed by atoms with van der Waals surface area (Å²) in [6.45, 7) is 5.07. The van der Waals surface area contributed by atoms with E-state index in [9.17, 15) is 0 Å². The summed E-state index contributed by atoms with van der Waals surface area (Å²) < 4.78 is 5.99. The average Bonchev–Trinajstić information content (AvgIpc) is 2.44. The van der Waals surface area contributed by atoms with E-state index >= 15 is 0 Å². The Bertz CT molecular complexity index is 623. The molecule has 1 heterocycles. The second-order valence-corrected chi connectivity index (χ2v) is 6.00. The van der Waals surface area contributed by atoms with Crippen molar-refractivity contribution in [2.75, 3.05) is 26.4 Å². The molecule has 0 fully saturated rings. The highest BCUT2D eigenvalue weighted by Crippen LogP contribution is 2.31. The highest BCUT2D eigenvalue weighted by atomic mass is 16.5. The third-order valence-corrected chi connectivity index (χ3v) is 3.30. The van der Waals surface area contributed by atoms with Gasteiger partial charge in [-0.1, -0.05) is 12.1 Å². The van der Waals surface area contributed by atoms with Gasteiger partial charge in [0, 0.05) is 12.1 Å². The summed E-state index contributed by atoms with van der Waals surface area (Å²) in [5, 5.41) is 0. The van der Waals surface area contributed by atoms with Gasteiger partial charge in [-0.3, -0.25) is 0 Å². The van der Waals surface area contributed by atoms with Crippen molar-refractivity contribution in [1.29, 1.82) is 0 Å². The molecule has 0 aliphatic carbocycles. The molecule has 4 heteroatoms. The Morgan fingerprint density at radius 2 is 1.95 bits per heavy atom. The number of aromatic nitrogens is 1. The first-order chi connectivity index (χ1) is 10.5. The van der Waals surface area contributed by atoms with Crippen LogP contribution in [0.3, 0.4) is 0 Å². The van der Waals surface area contributed by atoms with E-state index in [-0.39, 0.29) is 6.10 Å². The molecule has 4 nitrogen and oxygen atoms in total. The molecule has 22 heavy (non-hydrogen) atoms. The third kappa shape index (κ3) is 4.46. The minimum Gasteiger partial charge on any atom is -0.490 e. The van der Waals surface area contributed by atoms with Crippen LogP contribution in [0.1, 0.15) is 19.4 Å². The van der Waals surface area contributed by atoms with Crippen LogP contribution >= 0.6 is 0 Å². The number of ether oxygens (including phenoxy) is 1. The molecule has 0 aliphatic rings. The van der Waals surface area contributed by atoms with Gasteiger partial charge in [0.2, 0.25) is 0 Å². The molecule has 0 unspecified atom stereocenters. The fourth-order valence-electron chi connectivity index (χ4n) is 2.24. The van der Waals surface area contributed by atoms with Crippen LogP contribution in [0.25, 0.3) is 11.3 Å². The summed E-state index contributed by atoms with van der Waals surface area (Å²) in [6, 6.07) is 12.0. The Kier molecular flexibility index (Phi) is 5.39. The SMILES string of the molecule is CC(C)Oc1cc(CCN(C)C)ccc1-c1cccc(N)n1. The number of benzene rings is 1. The molecular formula is C18H25N3O. The molecule has 2 aromatic rings. The zero-order chi connectivity index (χ0) is 16.1. The molecule has 0 bridgehead atoms. The molecule has 0 radical (unpaired) electrons. The lowest BCUT2D eigenvalue weighted by atomic mass is 10.0. The Morgan fingerprint density at radius 3 is 2.59 bits per heavy atom. The van der Waals surface area contributed by atoms with Gasteiger partial charge in [-0.05, 0) is 64.2 Å². The molecule has 0 amide bonds. The minimum absolute atomic E-state index is 0.115. The van der Waals surface area contributed by atoms with Crippen molar-refractivity contribution >= 4 is 5.82 Å². The molecule has 0 atom stereocenters. The smallest absolute Gasteiger partial charge is 0.129 e. The summed E-state index contributed by atoms with van der Waals surface area (Å²) >= 11 is 0. The van der Waals surface area contributed by atoms with Gasteiger partial charge in [0.1, 0.15) is 11.6 Å². The Hall–Kier alpha value is -2.07. The molecule has 0 spiro atoms. The molecule has 2 rings (SSSR count). The number of hydrogen-bond donors (Lipinski definition) is 1. The first-order valence-electron chi connectivity index (χ1n) is 7.63. The predicted molar refractivity (Wildman–Crippen MR) is 92.1 cm³/mol. The molecule has 2 N–H and O–H groups in total. The van der Waals surface area contributed by atoms with Crippen molar-refractivity contribution in [3.8, 4) is 17.0 Å². The normalized spacial score (nSPS) is 11.2. The van der Waals surface area contributed by atoms with Crippen LogP contribution in [-0.2, 0) is 6.42 Å². The Labute approximate surface area is 132 Å². The molecule has 1 aromatic carbocycles. The standard InChI is InChI=1S/C18H25N3O/c1-13(2)22-17-12-14(10-11-21(3)4)8-9-15(17)16-6-5-7-18(19)20-16/h5-9,12-13H,10-11H2,1-4H3,(H2,19,20). The van der Waals surface area contributed by atoms with Crippen LogP contribution in [0.15, 0.2) is 36.4 Å². The molecule has 118 valence electrons. The average molecular weight is 299 g/mol. The van der Waals surface area contributed by atoms with E-state index in [0.717, 1.165) is 30.0 Å². The summed E-state index contributed by atoms with van der Waals surface area (Å²) in [5.74, 6) is 1.38. The molecule has 0 aliphatic heterocycles. The van der Waals surface area contributed by atoms with Crippen LogP contribution in [0, 0.1) is 0 Å². The maximum atomic E-state index is 5.99. The van der Waals surface area contributed by atoms with Crippen LogP contribution in [0.2, 0.25) is 0 Å². The van der Waals surface area contributed by atoms with Gasteiger partial charge in [-0.15, -0.1) is 0 Å². The van der Waals surface area contributed by atoms with Gasteiger partial charge in [0.05, 0.1) is 11.8 Å². The van der Waals surface area contributed by atoms with E-state index in [0.29, 0.717) is 5.82 Å². The summed E-state index contributed by atoms with van der Waals surface area (Å²) in [6.07, 6.45) is 1.11. The number of nitrogens with zero attached hydrogens (tertiary/aromatic N) is 2. The van der Waals surface area contributed by atoms with E-state index in [1.165, 1.54) is 5.56 Å². The maximum absolute atomic E-state index is 5.99. The van der Waals surface area contributed by atoms with Crippen molar-refractivity contribution in [3.63, 3.8) is 0 Å². The zero-order valence-electron chi connectivity index (χ0n) is 13.8. The lowest BCUT2D eigenvalue weighted by molar-refractivity contribution is 0.243. The molecular weight excluding hydrogens is 274 g/mol. The minimum atomic E-state index is 0.115. The number of rotatable bonds is 6. The number of likely N-dealkylation sites (N-methyl/N-ethyl adjacent to an activating group) is 1. The van der Waals surface area contributed by atoms with E-state index in [1.807, 2.05) is 26.0 Å². The number of nitrogens with two attached hydrogens (primary N) is 1. The molecule has 0 saturated heterocycles. The third-order valence-electron chi connectivity index (χ3n) is 3.30. The highest BCUT2D eigenvalue weighted by molar-refractivity contribution is 5.68. The summed E-state index contributed by atoms with van der Waals surface area (Å²) in [5.41, 5.74) is 8.89. The van der Waals surface area contributed by atoms with Crippen molar-refractivity contribution in [3.05, 3.63) is 42.0 Å². The van der Waals surface area contributed by atoms with E-state index < -0.39 is 0 Å². The van der Waals surface area contributed by atoms with Crippen LogP contribution in [0.4, 0.5) is 5.82 Å². The van der Waals surface area contributed by atoms with Gasteiger partial charge >= 0.3 is 0 Å². The van der Waals surface area contributed by atoms with Gasteiger partial charge in [0.25, 0.3) is 0 Å². The summed E-state index contributed by atoms with van der Waals surface area (Å²) in [7, 11) is 4.16. The van der Waals surface area contributed by atoms with Gasteiger partial charge in [0.15, 0.2) is 0 Å². The lowest BCUT2D eigenvalue weighted by Crippen LogP contribution is -2.15. The van der Waals surface area contributed by atoms with Crippen molar-refractivity contribution in [1.82, 2.24) is 9.88 Å². The van der Waals surface area contributed by atoms with Gasteiger partial charge < -0.3 is 15.4 Å². The molecule has 0 saturated carbocycles. The van der Waals surface area contributed by atoms with E-state index in [2.05, 4.69) is 42.2 Å². The van der Waals surface area contributed by atoms with Crippen LogP contribution < -0.4 is 10.5 Å².